The Labute approximate surface area is 273 Å². The van der Waals surface area contributed by atoms with Crippen molar-refractivity contribution in [1.82, 2.24) is 15.3 Å². The fourth-order valence-electron chi connectivity index (χ4n) is 6.63. The first kappa shape index (κ1) is 32.7. The number of methoxy groups -OCH3 is 2. The maximum absolute atomic E-state index is 15.0. The molecule has 2 unspecified atom stereocenters. The lowest BCUT2D eigenvalue weighted by molar-refractivity contribution is -0.123. The largest absolute Gasteiger partial charge is 0.501 e. The molecule has 2 atom stereocenters. The van der Waals surface area contributed by atoms with E-state index < -0.39 is 49.6 Å². The number of hydrogen-bond donors (Lipinski definition) is 1. The van der Waals surface area contributed by atoms with Gasteiger partial charge in [-0.1, -0.05) is 50.2 Å². The van der Waals surface area contributed by atoms with E-state index in [0.717, 1.165) is 17.0 Å². The molecule has 0 aliphatic carbocycles. The van der Waals surface area contributed by atoms with Crippen LogP contribution in [0, 0.1) is 0 Å². The first-order valence-corrected chi connectivity index (χ1v) is 16.2. The summed E-state index contributed by atoms with van der Waals surface area (Å²) in [5.74, 6) is -1.65. The van der Waals surface area contributed by atoms with Crippen molar-refractivity contribution in [3.05, 3.63) is 96.3 Å². The molecule has 1 aliphatic rings. The molecule has 14 heteroatoms. The van der Waals surface area contributed by atoms with Crippen LogP contribution in [0.5, 0.6) is 11.5 Å². The molecule has 48 heavy (non-hydrogen) atoms. The number of rotatable bonds is 8. The molecular formula is C34H29F3N4O6S. The van der Waals surface area contributed by atoms with Crippen LogP contribution in [0.3, 0.4) is 0 Å². The Balaban J connectivity index is 1.59. The Kier molecular flexibility index (Phi) is 8.02. The van der Waals surface area contributed by atoms with E-state index in [1.807, 2.05) is 36.4 Å². The summed E-state index contributed by atoms with van der Waals surface area (Å²) in [6.07, 6.45) is 3.07. The zero-order valence-electron chi connectivity index (χ0n) is 26.1. The third kappa shape index (κ3) is 4.89. The van der Waals surface area contributed by atoms with Crippen LogP contribution >= 0.6 is 0 Å². The summed E-state index contributed by atoms with van der Waals surface area (Å²) in [4.78, 5) is 37.7. The third-order valence-corrected chi connectivity index (χ3v) is 10.5. The van der Waals surface area contributed by atoms with E-state index >= 15 is 4.79 Å². The van der Waals surface area contributed by atoms with Crippen LogP contribution < -0.4 is 19.7 Å². The molecule has 0 radical (unpaired) electrons. The van der Waals surface area contributed by atoms with Crippen LogP contribution in [0.1, 0.15) is 36.8 Å². The molecule has 6 rings (SSSR count). The highest BCUT2D eigenvalue weighted by atomic mass is 32.2. The van der Waals surface area contributed by atoms with Gasteiger partial charge in [-0.25, -0.2) is 18.1 Å². The van der Waals surface area contributed by atoms with E-state index in [1.54, 1.807) is 26.0 Å². The standard InChI is InChI=1S/C34H29F3N4O6S/c1-19(29-23-9-5-7-11-25(23)38-17-27(29)46-3)33(20(2)30-24-10-6-8-12-26(24)39-18-28(30)47-4)31(42)41(32(43)40-33)21-13-15-22(16-14-21)48(44,45)34(35,36)37/h5-20H,1-4H3,(H,40,43). The summed E-state index contributed by atoms with van der Waals surface area (Å²) in [5.41, 5.74) is -5.03. The molecular weight excluding hydrogens is 649 g/mol. The van der Waals surface area contributed by atoms with Crippen LogP contribution in [-0.4, -0.2) is 55.6 Å². The first-order valence-electron chi connectivity index (χ1n) is 14.7. The predicted octanol–water partition coefficient (Wildman–Crippen LogP) is 6.50. The lowest BCUT2D eigenvalue weighted by atomic mass is 9.68. The van der Waals surface area contributed by atoms with E-state index in [4.69, 9.17) is 9.47 Å². The Hall–Kier alpha value is -5.24. The van der Waals surface area contributed by atoms with Crippen molar-refractivity contribution in [3.8, 4) is 11.5 Å². The molecule has 3 aromatic carbocycles. The topological polar surface area (TPSA) is 128 Å². The van der Waals surface area contributed by atoms with Gasteiger partial charge in [-0.3, -0.25) is 14.8 Å². The van der Waals surface area contributed by atoms with Gasteiger partial charge in [0.25, 0.3) is 15.7 Å². The minimum absolute atomic E-state index is 0.127. The van der Waals surface area contributed by atoms with Gasteiger partial charge in [-0.05, 0) is 36.4 Å². The number of hydrogen-bond acceptors (Lipinski definition) is 8. The fraction of sp³-hybridized carbons (Fsp3) is 0.235. The molecule has 1 N–H and O–H groups in total. The molecule has 0 bridgehead atoms. The van der Waals surface area contributed by atoms with Crippen LogP contribution in [0.2, 0.25) is 0 Å². The Morgan fingerprint density at radius 2 is 1.23 bits per heavy atom. The number of carbonyl (C=O) groups excluding carboxylic acids is 2. The van der Waals surface area contributed by atoms with Crippen molar-refractivity contribution >= 4 is 49.3 Å². The fourth-order valence-corrected chi connectivity index (χ4v) is 7.39. The summed E-state index contributed by atoms with van der Waals surface area (Å²) in [6, 6.07) is 17.1. The SMILES string of the molecule is COc1cnc2ccccc2c1C(C)C1(C(C)c2c(OC)cnc3ccccc23)NC(=O)N(c2ccc(S(=O)(=O)C(F)(F)F)cc2)C1=O. The number of alkyl halides is 3. The summed E-state index contributed by atoms with van der Waals surface area (Å²) in [6.45, 7) is 3.55. The number of anilines is 1. The lowest BCUT2D eigenvalue weighted by Gasteiger charge is -2.40. The highest BCUT2D eigenvalue weighted by molar-refractivity contribution is 7.92. The number of benzene rings is 3. The molecule has 1 fully saturated rings. The van der Waals surface area contributed by atoms with Crippen molar-refractivity contribution in [1.29, 1.82) is 0 Å². The summed E-state index contributed by atoms with van der Waals surface area (Å²) < 4.78 is 75.3. The molecule has 248 valence electrons. The highest BCUT2D eigenvalue weighted by Gasteiger charge is 2.60. The van der Waals surface area contributed by atoms with Crippen LogP contribution in [0.4, 0.5) is 23.7 Å². The highest BCUT2D eigenvalue weighted by Crippen LogP contribution is 2.51. The van der Waals surface area contributed by atoms with Crippen molar-refractivity contribution in [2.45, 2.75) is 41.6 Å². The van der Waals surface area contributed by atoms with E-state index in [1.165, 1.54) is 26.6 Å². The van der Waals surface area contributed by atoms with Gasteiger partial charge in [0.15, 0.2) is 0 Å². The molecule has 2 aromatic heterocycles. The Morgan fingerprint density at radius 3 is 1.67 bits per heavy atom. The van der Waals surface area contributed by atoms with Crippen molar-refractivity contribution in [2.24, 2.45) is 0 Å². The number of imide groups is 1. The first-order chi connectivity index (χ1) is 22.8. The molecule has 0 spiro atoms. The van der Waals surface area contributed by atoms with Gasteiger partial charge in [0, 0.05) is 33.7 Å². The van der Waals surface area contributed by atoms with Crippen LogP contribution in [-0.2, 0) is 14.6 Å². The van der Waals surface area contributed by atoms with Gasteiger partial charge >= 0.3 is 11.5 Å². The van der Waals surface area contributed by atoms with Crippen LogP contribution in [0.15, 0.2) is 90.1 Å². The second kappa shape index (κ2) is 11.8. The second-order valence-corrected chi connectivity index (χ2v) is 13.3. The van der Waals surface area contributed by atoms with Crippen LogP contribution in [0.25, 0.3) is 21.8 Å². The predicted molar refractivity (Wildman–Crippen MR) is 172 cm³/mol. The molecule has 3 amide bonds. The van der Waals surface area contributed by atoms with Crippen molar-refractivity contribution in [3.63, 3.8) is 0 Å². The van der Waals surface area contributed by atoms with E-state index in [2.05, 4.69) is 15.3 Å². The zero-order valence-corrected chi connectivity index (χ0v) is 26.9. The number of para-hydroxylation sites is 2. The zero-order chi connectivity index (χ0) is 34.6. The van der Waals surface area contributed by atoms with Gasteiger partial charge in [0.05, 0.1) is 48.2 Å². The molecule has 0 saturated carbocycles. The minimum Gasteiger partial charge on any atom is -0.495 e. The van der Waals surface area contributed by atoms with Crippen molar-refractivity contribution < 1.29 is 40.7 Å². The van der Waals surface area contributed by atoms with Gasteiger partial charge < -0.3 is 14.8 Å². The number of urea groups is 1. The molecule has 10 nitrogen and oxygen atoms in total. The Morgan fingerprint density at radius 1 is 0.771 bits per heavy atom. The molecule has 3 heterocycles. The number of sulfone groups is 1. The second-order valence-electron chi connectivity index (χ2n) is 11.3. The van der Waals surface area contributed by atoms with Gasteiger partial charge in [0.1, 0.15) is 17.0 Å². The molecule has 1 saturated heterocycles. The van der Waals surface area contributed by atoms with Crippen molar-refractivity contribution in [2.75, 3.05) is 19.1 Å². The number of nitrogens with zero attached hydrogens (tertiary/aromatic N) is 3. The number of nitrogens with one attached hydrogen (secondary N) is 1. The average molecular weight is 679 g/mol. The summed E-state index contributed by atoms with van der Waals surface area (Å²) in [7, 11) is -2.73. The smallest absolute Gasteiger partial charge is 0.495 e. The summed E-state index contributed by atoms with van der Waals surface area (Å²) >= 11 is 0. The number of ether oxygens (including phenoxy) is 2. The Bertz CT molecular complexity index is 2100. The number of aromatic nitrogens is 2. The number of amides is 3. The van der Waals surface area contributed by atoms with E-state index in [9.17, 15) is 26.4 Å². The molecule has 1 aliphatic heterocycles. The normalized spacial score (nSPS) is 18.2. The monoisotopic (exact) mass is 678 g/mol. The quantitative estimate of drug-likeness (QED) is 0.185. The maximum atomic E-state index is 15.0. The third-order valence-electron chi connectivity index (χ3n) is 9.02. The van der Waals surface area contributed by atoms with E-state index in [-0.39, 0.29) is 5.69 Å². The average Bonchev–Trinajstić information content (AvgIpc) is 3.36. The number of carbonyl (C=O) groups is 2. The number of fused-ring (bicyclic) bond motifs is 2. The van der Waals surface area contributed by atoms with Gasteiger partial charge in [0.2, 0.25) is 0 Å². The minimum atomic E-state index is -5.67. The lowest BCUT2D eigenvalue weighted by Crippen LogP contribution is -2.55. The summed E-state index contributed by atoms with van der Waals surface area (Å²) in [5, 5.41) is 4.29. The molecule has 5 aromatic rings. The number of pyridine rings is 2. The van der Waals surface area contributed by atoms with Gasteiger partial charge in [-0.2, -0.15) is 13.2 Å². The number of halogens is 3. The van der Waals surface area contributed by atoms with Gasteiger partial charge in [-0.15, -0.1) is 0 Å². The maximum Gasteiger partial charge on any atom is 0.501 e. The van der Waals surface area contributed by atoms with E-state index in [0.29, 0.717) is 56.6 Å².